The Morgan fingerprint density at radius 3 is 1.77 bits per heavy atom. The third-order valence-corrected chi connectivity index (χ3v) is 14.9. The van der Waals surface area contributed by atoms with Crippen molar-refractivity contribution in [1.82, 2.24) is 51.0 Å². The molecule has 2 aromatic heterocycles. The van der Waals surface area contributed by atoms with E-state index in [2.05, 4.69) is 56.9 Å². The summed E-state index contributed by atoms with van der Waals surface area (Å²) in [7, 11) is 1.59. The lowest BCUT2D eigenvalue weighted by atomic mass is 9.82. The second-order valence-corrected chi connectivity index (χ2v) is 21.4. The lowest BCUT2D eigenvalue weighted by Gasteiger charge is -2.47. The zero-order chi connectivity index (χ0) is 61.6. The molecular formula is C54H61F10N11O9. The molecule has 84 heavy (non-hydrogen) atoms. The van der Waals surface area contributed by atoms with Gasteiger partial charge in [0, 0.05) is 73.9 Å². The average molecular weight is 1200 g/mol. The van der Waals surface area contributed by atoms with Crippen LogP contribution in [0.1, 0.15) is 76.3 Å². The Morgan fingerprint density at radius 2 is 1.30 bits per heavy atom. The highest BCUT2D eigenvalue weighted by Gasteiger charge is 2.57. The number of hydrazine groups is 1. The van der Waals surface area contributed by atoms with Gasteiger partial charge in [0.05, 0.1) is 68.1 Å². The molecule has 20 nitrogen and oxygen atoms in total. The minimum absolute atomic E-state index is 0.191. The number of ether oxygens (including phenoxy) is 4. The van der Waals surface area contributed by atoms with Gasteiger partial charge in [-0.2, -0.15) is 40.2 Å². The van der Waals surface area contributed by atoms with Crippen LogP contribution in [0.5, 0.6) is 0 Å². The number of nitrogens with one attached hydrogen (secondary N) is 4. The number of fused-ring (bicyclic) bond motifs is 2. The number of halogens is 10. The highest BCUT2D eigenvalue weighted by Crippen LogP contribution is 2.42. The van der Waals surface area contributed by atoms with Gasteiger partial charge in [0.2, 0.25) is 11.9 Å². The molecular weight excluding hydrogens is 1140 g/mol. The number of methoxy groups -OCH3 is 2. The predicted molar refractivity (Wildman–Crippen MR) is 277 cm³/mol. The molecule has 0 radical (unpaired) electrons. The lowest BCUT2D eigenvalue weighted by molar-refractivity contribution is -0.221. The molecule has 2 bridgehead atoms. The summed E-state index contributed by atoms with van der Waals surface area (Å²) < 4.78 is 168. The van der Waals surface area contributed by atoms with Crippen molar-refractivity contribution >= 4 is 35.9 Å². The number of hydrogen-bond acceptors (Lipinski definition) is 15. The summed E-state index contributed by atoms with van der Waals surface area (Å²) in [6, 6.07) is 2.57. The molecule has 0 aliphatic carbocycles. The molecule has 3 aliphatic heterocycles. The van der Waals surface area contributed by atoms with E-state index in [1.807, 2.05) is 5.32 Å². The van der Waals surface area contributed by atoms with E-state index in [1.165, 1.54) is 24.3 Å². The first kappa shape index (κ1) is 63.8. The third kappa shape index (κ3) is 14.9. The van der Waals surface area contributed by atoms with Gasteiger partial charge in [-0.15, -0.1) is 0 Å². The Hall–Kier alpha value is -7.78. The number of nitrogens with zero attached hydrogens (tertiary/aromatic N) is 7. The maximum absolute atomic E-state index is 16.2. The average Bonchev–Trinajstić information content (AvgIpc) is 2.35. The molecule has 5 heterocycles. The number of piperazine rings is 1. The highest BCUT2D eigenvalue weighted by atomic mass is 19.4. The highest BCUT2D eigenvalue weighted by molar-refractivity contribution is 5.87. The maximum atomic E-state index is 16.2. The van der Waals surface area contributed by atoms with Crippen LogP contribution in [0.2, 0.25) is 0 Å². The molecule has 0 saturated carbocycles. The number of esters is 1. The quantitative estimate of drug-likeness (QED) is 0.0241. The van der Waals surface area contributed by atoms with Crippen LogP contribution in [-0.4, -0.2) is 161 Å². The van der Waals surface area contributed by atoms with E-state index in [0.717, 1.165) is 72.6 Å². The van der Waals surface area contributed by atoms with Crippen molar-refractivity contribution < 1.29 is 86.8 Å². The van der Waals surface area contributed by atoms with E-state index < -0.39 is 121 Å². The van der Waals surface area contributed by atoms with Gasteiger partial charge >= 0.3 is 37.1 Å². The van der Waals surface area contributed by atoms with Crippen LogP contribution >= 0.6 is 0 Å². The molecule has 456 valence electrons. The third-order valence-electron chi connectivity index (χ3n) is 14.9. The van der Waals surface area contributed by atoms with Gasteiger partial charge < -0.3 is 39.8 Å². The van der Waals surface area contributed by atoms with E-state index in [1.54, 1.807) is 17.7 Å². The van der Waals surface area contributed by atoms with Crippen molar-refractivity contribution in [3.8, 4) is 23.1 Å². The fourth-order valence-electron chi connectivity index (χ4n) is 9.87. The topological polar surface area (TPSA) is 224 Å². The molecule has 7 rings (SSSR count). The van der Waals surface area contributed by atoms with Gasteiger partial charge in [-0.25, -0.2) is 38.0 Å². The van der Waals surface area contributed by atoms with Crippen molar-refractivity contribution in [2.75, 3.05) is 52.0 Å². The molecule has 6 atom stereocenters. The second-order valence-electron chi connectivity index (χ2n) is 21.4. The zero-order valence-electron chi connectivity index (χ0n) is 46.3. The first-order chi connectivity index (χ1) is 39.4. The number of carbonyl (C=O) groups excluding carboxylic acids is 5. The summed E-state index contributed by atoms with van der Waals surface area (Å²) in [5, 5.41) is 10.1. The number of anilines is 1. The van der Waals surface area contributed by atoms with Crippen LogP contribution in [-0.2, 0) is 46.3 Å². The Bertz CT molecular complexity index is 3040. The normalized spacial score (nSPS) is 18.2. The standard InChI is InChI=1S/C54H61F10N11O9/c1-29(76)84-42(26-73(71-46(78)44(69-50(80)82-7)52(4,5)54(62,63)64)25-37-38(55)19-33(20-39(37)56)40-16-17-74(70-40)47(57)58)41(67-45(77)43(68-49(79)81-6)51(2,3)53(59,60)61)18-31-11-8-30(9-12-31)10-13-32-21-65-48(66-22-32)72-23-34-14-15-35(24-72)75(34)36-27-83-28-36/h8-9,11-12,16-17,19-22,34-36,41-44,47H,14-15,18,23-28H2,1-7H3,(H,67,77)(H,68,79)(H,69,80)(H,71,78)/t34?,35?,41-,42-,43+,44+/m0/s1. The summed E-state index contributed by atoms with van der Waals surface area (Å²) in [5.41, 5.74) is -4.71. The lowest BCUT2D eigenvalue weighted by Crippen LogP contribution is -2.64. The van der Waals surface area contributed by atoms with Crippen molar-refractivity contribution in [3.63, 3.8) is 0 Å². The minimum atomic E-state index is -5.26. The van der Waals surface area contributed by atoms with Crippen molar-refractivity contribution in [2.45, 2.75) is 122 Å². The summed E-state index contributed by atoms with van der Waals surface area (Å²) in [5.74, 6) is -0.826. The SMILES string of the molecule is COC(=O)N[C@H](C(=O)N[C@@H](Cc1ccc(C#Cc2cnc(N3CC4CCC(C3)N4C3COC3)nc2)cc1)[C@H](CN(Cc1c(F)cc(-c2ccn(C(F)F)n2)cc1F)NC(=O)[C@@H](NC(=O)OC)C(C)(C)C(F)(F)F)OC(C)=O)C(C)(C)C(F)(F)F. The van der Waals surface area contributed by atoms with Gasteiger partial charge in [-0.1, -0.05) is 24.0 Å². The zero-order valence-corrected chi connectivity index (χ0v) is 46.3. The van der Waals surface area contributed by atoms with E-state index in [9.17, 15) is 59.1 Å². The van der Waals surface area contributed by atoms with Crippen molar-refractivity contribution in [1.29, 1.82) is 0 Å². The number of carbonyl (C=O) groups is 5. The number of amides is 4. The molecule has 3 saturated heterocycles. The number of alkyl halides is 8. The number of benzene rings is 2. The largest absolute Gasteiger partial charge is 0.459 e. The smallest absolute Gasteiger partial charge is 0.407 e. The van der Waals surface area contributed by atoms with Crippen LogP contribution in [0.25, 0.3) is 11.3 Å². The Balaban J connectivity index is 1.23. The predicted octanol–water partition coefficient (Wildman–Crippen LogP) is 6.58. The van der Waals surface area contributed by atoms with Crippen LogP contribution in [0.4, 0.5) is 59.4 Å². The van der Waals surface area contributed by atoms with Crippen molar-refractivity contribution in [3.05, 3.63) is 94.9 Å². The molecule has 0 spiro atoms. The first-order valence-corrected chi connectivity index (χ1v) is 26.1. The van der Waals surface area contributed by atoms with Crippen molar-refractivity contribution in [2.24, 2.45) is 10.8 Å². The van der Waals surface area contributed by atoms with E-state index in [-0.39, 0.29) is 21.5 Å². The van der Waals surface area contributed by atoms with Gasteiger partial charge in [0.1, 0.15) is 29.8 Å². The van der Waals surface area contributed by atoms with Crippen LogP contribution in [0, 0.1) is 34.3 Å². The van der Waals surface area contributed by atoms with Gasteiger partial charge in [-0.3, -0.25) is 24.7 Å². The molecule has 30 heteroatoms. The minimum Gasteiger partial charge on any atom is -0.459 e. The number of rotatable bonds is 20. The summed E-state index contributed by atoms with van der Waals surface area (Å²) in [6.07, 6.45) is -9.85. The number of alkyl carbamates (subject to hydrolysis) is 2. The summed E-state index contributed by atoms with van der Waals surface area (Å²) >= 11 is 0. The summed E-state index contributed by atoms with van der Waals surface area (Å²) in [4.78, 5) is 80.4. The molecule has 4 aromatic rings. The van der Waals surface area contributed by atoms with Gasteiger partial charge in [0.15, 0.2) is 0 Å². The van der Waals surface area contributed by atoms with Gasteiger partial charge in [-0.05, 0) is 82.9 Å². The van der Waals surface area contributed by atoms with Crippen LogP contribution < -0.4 is 26.3 Å². The summed E-state index contributed by atoms with van der Waals surface area (Å²) in [6.45, 7) is 0.633. The molecule has 4 amide bonds. The maximum Gasteiger partial charge on any atom is 0.407 e. The number of hydrogen-bond donors (Lipinski definition) is 4. The van der Waals surface area contributed by atoms with Crippen LogP contribution in [0.15, 0.2) is 61.1 Å². The second kappa shape index (κ2) is 26.0. The molecule has 3 aliphatic rings. The van der Waals surface area contributed by atoms with Gasteiger partial charge in [0.25, 0.3) is 5.91 Å². The fraction of sp³-hybridized carbons (Fsp3) is 0.519. The molecule has 3 fully saturated rings. The monoisotopic (exact) mass is 1200 g/mol. The van der Waals surface area contributed by atoms with E-state index in [4.69, 9.17) is 9.47 Å². The van der Waals surface area contributed by atoms with E-state index in [0.29, 0.717) is 80.0 Å². The molecule has 2 unspecified atom stereocenters. The first-order valence-electron chi connectivity index (χ1n) is 26.1. The number of aromatic nitrogens is 4. The molecule has 2 aromatic carbocycles. The van der Waals surface area contributed by atoms with E-state index >= 15 is 8.78 Å². The Morgan fingerprint density at radius 1 is 0.762 bits per heavy atom. The Labute approximate surface area is 475 Å². The fourth-order valence-corrected chi connectivity index (χ4v) is 9.87. The Kier molecular flexibility index (Phi) is 19.8. The van der Waals surface area contributed by atoms with Crippen LogP contribution in [0.3, 0.4) is 0 Å². The molecule has 4 N–H and O–H groups in total.